The third-order valence-electron chi connectivity index (χ3n) is 21.6. The minimum atomic E-state index is -2.64. The maximum Gasteiger partial charge on any atom is 0.383 e. The van der Waals surface area contributed by atoms with Crippen LogP contribution >= 0.6 is 0 Å². The number of likely N-dealkylation sites (N-methyl/N-ethyl adjacent to an activating group) is 2. The van der Waals surface area contributed by atoms with E-state index in [0.29, 0.717) is 0 Å². The number of nitrogens with two attached hydrogens (primary N) is 1. The number of fused-ring (bicyclic) bond motifs is 8. The SMILES string of the molecule is CCC1(OC2CC(OC)C(O)C(C)O2)C(OC2CC(O)C(N(C)C)C(C)O2)c2c(c3c(O)c4c(=O)ccc(=O)c4c(O)c3c2=[N+]=N)C(=O)C1C1C(=O)c2c(c(=NN)c3c(=O)c4c(=O)ccc(=O)c4c(=O)c23)C(OC2CC(O)C(N(C)C)C(C)O2)C1(CC)OC1CC(OC)C(O)C(C)O1. The lowest BCUT2D eigenvalue weighted by molar-refractivity contribution is -0.352. The Hall–Kier alpha value is -7.17. The van der Waals surface area contributed by atoms with Crippen LogP contribution in [-0.2, 0) is 47.4 Å². The molecule has 6 aromatic rings. The maximum atomic E-state index is 17.9. The molecule has 12 rings (SSSR count). The smallest absolute Gasteiger partial charge is 0.383 e. The predicted octanol–water partition coefficient (Wildman–Crippen LogP) is -0.380. The lowest BCUT2D eigenvalue weighted by Crippen LogP contribution is -2.68. The van der Waals surface area contributed by atoms with Crippen LogP contribution < -0.4 is 49.1 Å². The van der Waals surface area contributed by atoms with Crippen LogP contribution in [0.3, 0.4) is 0 Å². The van der Waals surface area contributed by atoms with Crippen molar-refractivity contribution in [3.05, 3.63) is 119 Å². The third kappa shape index (κ3) is 10.6. The summed E-state index contributed by atoms with van der Waals surface area (Å²) in [6.45, 7) is 9.39. The summed E-state index contributed by atoms with van der Waals surface area (Å²) in [6.07, 6.45) is -24.2. The summed E-state index contributed by atoms with van der Waals surface area (Å²) in [7, 11) is 9.51. The molecule has 9 N–H and O–H groups in total. The Morgan fingerprint density at radius 3 is 1.30 bits per heavy atom. The molecule has 30 heteroatoms. The number of phenolic OH excluding ortho intramolecular Hbond substituents is 2. The van der Waals surface area contributed by atoms with Gasteiger partial charge in [-0.3, -0.25) is 38.4 Å². The summed E-state index contributed by atoms with van der Waals surface area (Å²) in [6, 6.07) is 1.93. The van der Waals surface area contributed by atoms with Crippen LogP contribution in [0.1, 0.15) is 124 Å². The van der Waals surface area contributed by atoms with Crippen molar-refractivity contribution in [1.29, 1.82) is 5.53 Å². The highest BCUT2D eigenvalue weighted by molar-refractivity contribution is 6.23. The van der Waals surface area contributed by atoms with E-state index < -0.39 is 278 Å². The third-order valence-corrected chi connectivity index (χ3v) is 21.6. The number of aliphatic hydroxyl groups excluding tert-OH is 4. The largest absolute Gasteiger partial charge is 0.506 e. The molecule has 22 atom stereocenters. The number of Topliss-reactive ketones (excluding diaryl/α,β-unsaturated/α-hetero) is 2. The summed E-state index contributed by atoms with van der Waals surface area (Å²) < 4.78 is 67.7. The van der Waals surface area contributed by atoms with Crippen molar-refractivity contribution in [2.75, 3.05) is 42.4 Å². The molecular weight excluding hydrogens is 1280 g/mol. The van der Waals surface area contributed by atoms with Crippen molar-refractivity contribution in [1.82, 2.24) is 9.80 Å². The van der Waals surface area contributed by atoms with Gasteiger partial charge in [0, 0.05) is 67.4 Å². The van der Waals surface area contributed by atoms with Crippen molar-refractivity contribution >= 4 is 54.7 Å². The molecule has 4 heterocycles. The van der Waals surface area contributed by atoms with Crippen LogP contribution in [0.2, 0.25) is 0 Å². The zero-order chi connectivity index (χ0) is 71.1. The van der Waals surface area contributed by atoms with E-state index >= 15 is 19.2 Å². The van der Waals surface area contributed by atoms with Crippen molar-refractivity contribution in [2.45, 2.75) is 202 Å². The van der Waals surface area contributed by atoms with Gasteiger partial charge in [-0.15, -0.1) is 0 Å². The van der Waals surface area contributed by atoms with Crippen LogP contribution in [0.5, 0.6) is 11.5 Å². The monoisotopic (exact) mass is 1370 g/mol. The van der Waals surface area contributed by atoms with Crippen molar-refractivity contribution < 1.29 is 92.4 Å². The molecule has 22 unspecified atom stereocenters. The maximum absolute atomic E-state index is 17.9. The molecular formula is C68H81N6O24+. The fraction of sp³-hybridized carbons (Fsp3) is 0.588. The number of aliphatic hydroxyl groups is 4. The highest BCUT2D eigenvalue weighted by atomic mass is 16.7. The zero-order valence-corrected chi connectivity index (χ0v) is 56.0. The summed E-state index contributed by atoms with van der Waals surface area (Å²) in [5.41, 5.74) is -5.28. The summed E-state index contributed by atoms with van der Waals surface area (Å²) in [5.74, 6) is -2.88. The van der Waals surface area contributed by atoms with E-state index in [1.807, 2.05) is 0 Å². The number of nitrogens with one attached hydrogen (secondary N) is 1. The van der Waals surface area contributed by atoms with E-state index in [2.05, 4.69) is 9.89 Å². The molecule has 6 aromatic carbocycles. The second-order valence-electron chi connectivity index (χ2n) is 27.2. The second-order valence-corrected chi connectivity index (χ2v) is 27.2. The first-order chi connectivity index (χ1) is 46.4. The first-order valence-electron chi connectivity index (χ1n) is 32.7. The lowest BCUT2D eigenvalue weighted by Gasteiger charge is -2.58. The molecule has 98 heavy (non-hydrogen) atoms. The molecule has 0 radical (unpaired) electrons. The molecule has 0 aromatic heterocycles. The molecule has 4 aliphatic heterocycles. The summed E-state index contributed by atoms with van der Waals surface area (Å²) >= 11 is 0. The van der Waals surface area contributed by atoms with Gasteiger partial charge in [-0.05, 0) is 93.0 Å². The zero-order valence-electron chi connectivity index (χ0n) is 56.0. The van der Waals surface area contributed by atoms with Gasteiger partial charge >= 0.3 is 5.36 Å². The highest BCUT2D eigenvalue weighted by Gasteiger charge is 2.71. The molecule has 0 bridgehead atoms. The molecule has 0 spiro atoms. The van der Waals surface area contributed by atoms with Crippen molar-refractivity contribution in [3.8, 4) is 11.5 Å². The van der Waals surface area contributed by atoms with Gasteiger partial charge in [0.05, 0.1) is 116 Å². The topological polar surface area (TPSA) is 433 Å². The number of carbonyl (C=O) groups excluding carboxylic acids is 2. The Morgan fingerprint density at radius 2 is 0.918 bits per heavy atom. The van der Waals surface area contributed by atoms with Crippen LogP contribution in [0.25, 0.3) is 43.1 Å². The number of aromatic hydroxyl groups is 2. The summed E-state index contributed by atoms with van der Waals surface area (Å²) in [4.78, 5) is 130. The number of phenols is 2. The molecule has 0 amide bonds. The minimum Gasteiger partial charge on any atom is -0.506 e. The fourth-order valence-electron chi connectivity index (χ4n) is 17.2. The Morgan fingerprint density at radius 1 is 0.541 bits per heavy atom. The van der Waals surface area contributed by atoms with Gasteiger partial charge in [0.1, 0.15) is 57.9 Å². The summed E-state index contributed by atoms with van der Waals surface area (Å²) in [5, 5.41) is 69.6. The van der Waals surface area contributed by atoms with E-state index in [1.54, 1.807) is 51.8 Å². The van der Waals surface area contributed by atoms with Gasteiger partial charge in [0.15, 0.2) is 63.9 Å². The number of methoxy groups -OCH3 is 2. The number of nitrogens with zero attached hydrogens (tertiary/aromatic N) is 4. The Kier molecular flexibility index (Phi) is 18.8. The average molecular weight is 1370 g/mol. The van der Waals surface area contributed by atoms with Gasteiger partial charge in [-0.25, -0.2) is 0 Å². The number of hydrogen-bond donors (Lipinski definition) is 8. The molecule has 30 nitrogen and oxygen atoms in total. The van der Waals surface area contributed by atoms with Gasteiger partial charge < -0.3 is 93.7 Å². The number of carbonyl (C=O) groups is 2. The van der Waals surface area contributed by atoms with Crippen LogP contribution in [0, 0.1) is 17.4 Å². The molecule has 4 fully saturated rings. The van der Waals surface area contributed by atoms with E-state index in [0.717, 1.165) is 24.3 Å². The van der Waals surface area contributed by atoms with E-state index in [4.69, 9.17) is 58.7 Å². The molecule has 2 aliphatic carbocycles. The standard InChI is InChI=1S/C68H80N6O24/c1-13-67(97-37-21-33(89-11)57(81)25(5)93-37)51(63(87)45-43-47(61(85)41-29(77)17-15-27(75)39(41)59(43)83)53(71-69)49(45)65(67)95-35-19-31(79)55(73(7)8)23(3)91-35)52-64(88)46-44-48(62(86)42-30(78)18-16-28(76)40(42)60(44)84)54(72-70)50(46)66(96-36-20-32(80)56(74(9)10)24(4)92-36)68(52,14-2)98-38-22-34(90-12)58(82)26(6)94-38/h15-18,23-26,31-38,51-52,55-58,65-66,79-82H,13-14,19-22H2,1-12H3,(H4,69,70,83,84,85,86,87,88)/p+1. The van der Waals surface area contributed by atoms with Crippen LogP contribution in [0.4, 0.5) is 0 Å². The fourth-order valence-corrected chi connectivity index (χ4v) is 17.2. The van der Waals surface area contributed by atoms with E-state index in [9.17, 15) is 49.8 Å². The highest BCUT2D eigenvalue weighted by Crippen LogP contribution is 2.62. The van der Waals surface area contributed by atoms with E-state index in [1.165, 1.54) is 41.9 Å². The molecule has 4 saturated heterocycles. The first-order valence-corrected chi connectivity index (χ1v) is 32.7. The Balaban J connectivity index is 1.27. The average Bonchev–Trinajstić information content (AvgIpc) is 1.66. The lowest BCUT2D eigenvalue weighted by atomic mass is 9.55. The molecule has 6 aliphatic rings. The van der Waals surface area contributed by atoms with Crippen molar-refractivity contribution in [2.24, 2.45) is 22.8 Å². The van der Waals surface area contributed by atoms with Crippen molar-refractivity contribution in [3.63, 3.8) is 0 Å². The van der Waals surface area contributed by atoms with Gasteiger partial charge in [0.25, 0.3) is 0 Å². The Labute approximate surface area is 557 Å². The number of hydrogen-bond acceptors (Lipinski definition) is 29. The quantitative estimate of drug-likeness (QED) is 0.0214. The molecule has 0 saturated carbocycles. The second kappa shape index (κ2) is 26.1. The number of rotatable bonds is 15. The number of benzene rings is 4. The Bertz CT molecular complexity index is 4680. The van der Waals surface area contributed by atoms with Gasteiger partial charge in [-0.2, -0.15) is 5.10 Å². The van der Waals surface area contributed by atoms with Crippen LogP contribution in [-0.4, -0.2) is 209 Å². The van der Waals surface area contributed by atoms with Crippen LogP contribution in [0.15, 0.2) is 58.1 Å². The van der Waals surface area contributed by atoms with Gasteiger partial charge in [-0.1, -0.05) is 13.8 Å². The molecule has 526 valence electrons. The number of ether oxygens (including phenoxy) is 10. The van der Waals surface area contributed by atoms with Gasteiger partial charge in [0.2, 0.25) is 5.43 Å². The minimum absolute atomic E-state index is 0.339. The van der Waals surface area contributed by atoms with E-state index in [-0.39, 0.29) is 25.7 Å². The predicted molar refractivity (Wildman–Crippen MR) is 344 cm³/mol. The first kappa shape index (κ1) is 70.7. The normalized spacial score (nSPS) is 35.7. The number of ketones is 2.